The van der Waals surface area contributed by atoms with E-state index in [1.807, 2.05) is 0 Å². The van der Waals surface area contributed by atoms with Crippen molar-refractivity contribution in [1.29, 1.82) is 0 Å². The minimum absolute atomic E-state index is 0.0994. The van der Waals surface area contributed by atoms with E-state index in [4.69, 9.17) is 14.2 Å². The molecule has 0 aromatic heterocycles. The molecule has 0 radical (unpaired) electrons. The Morgan fingerprint density at radius 2 is 0.778 bits per heavy atom. The second-order valence-corrected chi connectivity index (χ2v) is 9.50. The molecular formula is C27H39F9O9. The lowest BCUT2D eigenvalue weighted by Gasteiger charge is -2.10. The van der Waals surface area contributed by atoms with Crippen molar-refractivity contribution in [2.45, 2.75) is 103 Å². The zero-order valence-corrected chi connectivity index (χ0v) is 24.6. The fourth-order valence-corrected chi connectivity index (χ4v) is 3.43. The van der Waals surface area contributed by atoms with Crippen molar-refractivity contribution >= 4 is 17.9 Å². The minimum Gasteiger partial charge on any atom is -0.465 e. The van der Waals surface area contributed by atoms with E-state index in [0.29, 0.717) is 51.4 Å². The van der Waals surface area contributed by atoms with E-state index >= 15 is 0 Å². The smallest absolute Gasteiger partial charge is 0.465 e. The Hall–Kier alpha value is -2.60. The van der Waals surface area contributed by atoms with Crippen LogP contribution in [0.5, 0.6) is 0 Å². The van der Waals surface area contributed by atoms with Crippen molar-refractivity contribution in [3.05, 3.63) is 11.6 Å². The maximum Gasteiger partial charge on any atom is 0.522 e. The number of carbonyl (C=O) groups excluding carboxylic acids is 3. The Kier molecular flexibility index (Phi) is 22.3. The molecule has 45 heavy (non-hydrogen) atoms. The molecule has 0 amide bonds. The number of halogens is 9. The van der Waals surface area contributed by atoms with Gasteiger partial charge in [-0.2, -0.15) is 0 Å². The van der Waals surface area contributed by atoms with Crippen LogP contribution in [0.2, 0.25) is 0 Å². The molecule has 9 nitrogen and oxygen atoms in total. The highest BCUT2D eigenvalue weighted by molar-refractivity contribution is 5.99. The molecular weight excluding hydrogens is 639 g/mol. The van der Waals surface area contributed by atoms with Gasteiger partial charge in [0.05, 0.1) is 51.6 Å². The molecule has 0 aromatic rings. The largest absolute Gasteiger partial charge is 0.522 e. The van der Waals surface area contributed by atoms with Gasteiger partial charge in [0.25, 0.3) is 0 Å². The summed E-state index contributed by atoms with van der Waals surface area (Å²) in [6, 6.07) is 0. The molecule has 0 aliphatic carbocycles. The Balaban J connectivity index is 4.63. The maximum atomic E-state index is 12.5. The fourth-order valence-electron chi connectivity index (χ4n) is 3.43. The molecule has 18 heteroatoms. The molecule has 0 heterocycles. The summed E-state index contributed by atoms with van der Waals surface area (Å²) in [6.45, 7) is -1.89. The van der Waals surface area contributed by atoms with Crippen molar-refractivity contribution in [2.24, 2.45) is 0 Å². The van der Waals surface area contributed by atoms with E-state index in [1.165, 1.54) is 0 Å². The first-order valence-corrected chi connectivity index (χ1v) is 14.3. The lowest BCUT2D eigenvalue weighted by Crippen LogP contribution is -2.17. The fraction of sp³-hybridized carbons (Fsp3) is 0.815. The third-order valence-corrected chi connectivity index (χ3v) is 5.54. The lowest BCUT2D eigenvalue weighted by atomic mass is 10.1. The zero-order valence-electron chi connectivity index (χ0n) is 24.6. The monoisotopic (exact) mass is 678 g/mol. The minimum atomic E-state index is -4.72. The number of alkyl halides is 9. The number of rotatable bonds is 25. The van der Waals surface area contributed by atoms with Crippen LogP contribution in [0, 0.1) is 0 Å². The van der Waals surface area contributed by atoms with Crippen LogP contribution in [-0.4, -0.2) is 76.6 Å². The third kappa shape index (κ3) is 31.2. The van der Waals surface area contributed by atoms with Crippen molar-refractivity contribution in [1.82, 2.24) is 0 Å². The molecule has 0 spiro atoms. The molecule has 0 N–H and O–H groups in total. The number of esters is 3. The maximum absolute atomic E-state index is 12.5. The number of hydrogen-bond acceptors (Lipinski definition) is 9. The first kappa shape index (κ1) is 42.4. The van der Waals surface area contributed by atoms with E-state index in [-0.39, 0.29) is 45.5 Å². The van der Waals surface area contributed by atoms with Crippen molar-refractivity contribution in [3.63, 3.8) is 0 Å². The van der Waals surface area contributed by atoms with Gasteiger partial charge in [0, 0.05) is 6.08 Å². The van der Waals surface area contributed by atoms with Crippen LogP contribution in [0.1, 0.15) is 83.5 Å². The number of ether oxygens (including phenoxy) is 6. The molecule has 0 fully saturated rings. The highest BCUT2D eigenvalue weighted by Gasteiger charge is 2.29. The predicted octanol–water partition coefficient (Wildman–Crippen LogP) is 7.22. The van der Waals surface area contributed by atoms with Crippen LogP contribution < -0.4 is 0 Å². The zero-order chi connectivity index (χ0) is 34.2. The summed E-state index contributed by atoms with van der Waals surface area (Å²) in [5.74, 6) is -2.91. The van der Waals surface area contributed by atoms with Crippen molar-refractivity contribution < 1.29 is 82.3 Å². The van der Waals surface area contributed by atoms with E-state index in [9.17, 15) is 53.9 Å². The van der Waals surface area contributed by atoms with Gasteiger partial charge in [-0.15, -0.1) is 39.5 Å². The second-order valence-electron chi connectivity index (χ2n) is 9.50. The molecule has 0 bridgehead atoms. The van der Waals surface area contributed by atoms with Gasteiger partial charge in [-0.05, 0) is 57.8 Å². The van der Waals surface area contributed by atoms with Crippen LogP contribution >= 0.6 is 0 Å². The van der Waals surface area contributed by atoms with Gasteiger partial charge in [-0.3, -0.25) is 19.0 Å². The Morgan fingerprint density at radius 3 is 1.16 bits per heavy atom. The summed E-state index contributed by atoms with van der Waals surface area (Å²) in [5.41, 5.74) is -0.392. The topological polar surface area (TPSA) is 107 Å². The molecule has 0 aliphatic heterocycles. The molecule has 0 rings (SSSR count). The average molecular weight is 679 g/mol. The van der Waals surface area contributed by atoms with Gasteiger partial charge in [0.2, 0.25) is 0 Å². The van der Waals surface area contributed by atoms with Crippen LogP contribution in [0.4, 0.5) is 39.5 Å². The molecule has 0 aliphatic rings. The molecule has 264 valence electrons. The van der Waals surface area contributed by atoms with Gasteiger partial charge in [0.15, 0.2) is 0 Å². The highest BCUT2D eigenvalue weighted by atomic mass is 19.4. The Labute approximate surface area is 254 Å². The first-order chi connectivity index (χ1) is 21.0. The average Bonchev–Trinajstić information content (AvgIpc) is 2.90. The summed E-state index contributed by atoms with van der Waals surface area (Å²) in [6.07, 6.45) is -10.4. The van der Waals surface area contributed by atoms with Crippen molar-refractivity contribution in [2.75, 3.05) is 39.6 Å². The van der Waals surface area contributed by atoms with Gasteiger partial charge in [-0.1, -0.05) is 19.3 Å². The number of carbonyl (C=O) groups is 3. The summed E-state index contributed by atoms with van der Waals surface area (Å²) < 4.78 is 133. The number of unbranched alkanes of at least 4 members (excludes halogenated alkanes) is 9. The normalized spacial score (nSPS) is 12.7. The quantitative estimate of drug-likeness (QED) is 0.0325. The molecule has 0 saturated carbocycles. The lowest BCUT2D eigenvalue weighted by molar-refractivity contribution is -0.325. The predicted molar refractivity (Wildman–Crippen MR) is 137 cm³/mol. The summed E-state index contributed by atoms with van der Waals surface area (Å²) in [4.78, 5) is 37.0. The van der Waals surface area contributed by atoms with Crippen LogP contribution in [0.3, 0.4) is 0 Å². The third-order valence-electron chi connectivity index (χ3n) is 5.54. The van der Waals surface area contributed by atoms with Crippen molar-refractivity contribution in [3.8, 4) is 0 Å². The van der Waals surface area contributed by atoms with Crippen LogP contribution in [-0.2, 0) is 42.8 Å². The van der Waals surface area contributed by atoms with Crippen LogP contribution in [0.25, 0.3) is 0 Å². The van der Waals surface area contributed by atoms with E-state index in [1.54, 1.807) is 0 Å². The van der Waals surface area contributed by atoms with Gasteiger partial charge in [0.1, 0.15) is 0 Å². The van der Waals surface area contributed by atoms with E-state index in [0.717, 1.165) is 6.08 Å². The first-order valence-electron chi connectivity index (χ1n) is 14.3. The van der Waals surface area contributed by atoms with Gasteiger partial charge < -0.3 is 14.2 Å². The number of hydrogen-bond donors (Lipinski definition) is 0. The summed E-state index contributed by atoms with van der Waals surface area (Å²) in [7, 11) is 0. The SMILES string of the molecule is O=C(C=C(CC(=O)OCCCCCCOC(F)(F)F)C(=O)OCCCCCCOC(F)(F)F)OCCCCCCOC(F)(F)F. The Morgan fingerprint density at radius 1 is 0.444 bits per heavy atom. The molecule has 0 atom stereocenters. The van der Waals surface area contributed by atoms with Gasteiger partial charge >= 0.3 is 37.0 Å². The molecule has 0 unspecified atom stereocenters. The van der Waals surface area contributed by atoms with Gasteiger partial charge in [-0.25, -0.2) is 9.59 Å². The summed E-state index contributed by atoms with van der Waals surface area (Å²) in [5, 5.41) is 0. The highest BCUT2D eigenvalue weighted by Crippen LogP contribution is 2.19. The molecule has 0 aromatic carbocycles. The van der Waals surface area contributed by atoms with E-state index in [2.05, 4.69) is 14.2 Å². The van der Waals surface area contributed by atoms with E-state index < -0.39 is 68.8 Å². The summed E-state index contributed by atoms with van der Waals surface area (Å²) >= 11 is 0. The second kappa shape index (κ2) is 23.7. The standard InChI is InChI=1S/C27H39F9O9/c28-25(29,30)43-16-10-4-1-7-13-40-22(37)19-21(24(39)42-15-9-3-6-12-18-45-27(34,35)36)20-23(38)41-14-8-2-5-11-17-44-26(31,32)33/h19H,1-18,20H2. The van der Waals surface area contributed by atoms with Crippen LogP contribution in [0.15, 0.2) is 11.6 Å². The molecule has 0 saturated heterocycles. The Bertz CT molecular complexity index is 858.